The van der Waals surface area contributed by atoms with Crippen LogP contribution in [0.5, 0.6) is 0 Å². The molecule has 27 heavy (non-hydrogen) atoms. The topological polar surface area (TPSA) is 95.5 Å². The van der Waals surface area contributed by atoms with E-state index in [0.717, 1.165) is 22.5 Å². The second-order valence-corrected chi connectivity index (χ2v) is 4.35. The minimum Gasteiger partial charge on any atom is -0.478 e. The molecule has 0 aromatic heterocycles. The second kappa shape index (κ2) is 8.09. The standard InChI is InChI=1S/C14H3F7N2O4/c15-3-1-5(24)22-14(13(26)27,23-6(25)2-4-16)7-8(17)10(19)12(21)11(20)9(7)18/h(H,22,24)(H,23,25)(H,26,27). The van der Waals surface area contributed by atoms with E-state index in [-0.39, 0.29) is 0 Å². The second-order valence-electron chi connectivity index (χ2n) is 4.35. The Labute approximate surface area is 144 Å². The van der Waals surface area contributed by atoms with Gasteiger partial charge in [0, 0.05) is 11.8 Å². The van der Waals surface area contributed by atoms with Crippen LogP contribution in [0.4, 0.5) is 30.7 Å². The van der Waals surface area contributed by atoms with Crippen LogP contribution in [0.2, 0.25) is 0 Å². The first kappa shape index (κ1) is 21.3. The molecule has 3 N–H and O–H groups in total. The predicted octanol–water partition coefficient (Wildman–Crippen LogP) is 0.713. The van der Waals surface area contributed by atoms with Gasteiger partial charge in [0.2, 0.25) is 11.5 Å². The quantitative estimate of drug-likeness (QED) is 0.230. The van der Waals surface area contributed by atoms with Crippen molar-refractivity contribution in [1.82, 2.24) is 10.6 Å². The van der Waals surface area contributed by atoms with Gasteiger partial charge in [-0.3, -0.25) is 9.59 Å². The van der Waals surface area contributed by atoms with Gasteiger partial charge in [-0.2, -0.15) is 0 Å². The molecular weight excluding hydrogens is 393 g/mol. The van der Waals surface area contributed by atoms with Crippen LogP contribution in [0.3, 0.4) is 0 Å². The van der Waals surface area contributed by atoms with Gasteiger partial charge >= 0.3 is 17.8 Å². The van der Waals surface area contributed by atoms with E-state index in [2.05, 4.69) is 0 Å². The first-order valence-electron chi connectivity index (χ1n) is 6.16. The average Bonchev–Trinajstić information content (AvgIpc) is 2.58. The van der Waals surface area contributed by atoms with Crippen LogP contribution in [0.15, 0.2) is 0 Å². The van der Waals surface area contributed by atoms with E-state index in [0.29, 0.717) is 12.3 Å². The molecule has 0 heterocycles. The van der Waals surface area contributed by atoms with Crippen molar-refractivity contribution in [1.29, 1.82) is 0 Å². The summed E-state index contributed by atoms with van der Waals surface area (Å²) in [6.45, 7) is 0. The Hall–Kier alpha value is -3.74. The molecule has 0 aliphatic carbocycles. The molecule has 0 saturated carbocycles. The highest BCUT2D eigenvalue weighted by Crippen LogP contribution is 2.30. The Kier molecular flexibility index (Phi) is 6.39. The van der Waals surface area contributed by atoms with Crippen molar-refractivity contribution >= 4 is 17.8 Å². The molecule has 1 aromatic carbocycles. The van der Waals surface area contributed by atoms with Crippen LogP contribution in [-0.4, -0.2) is 22.9 Å². The fraction of sp³-hybridized carbons (Fsp3) is 0.0714. The number of halogens is 7. The first-order valence-corrected chi connectivity index (χ1v) is 6.16. The molecule has 0 aliphatic heterocycles. The van der Waals surface area contributed by atoms with Gasteiger partial charge in [0.1, 0.15) is 12.3 Å². The summed E-state index contributed by atoms with van der Waals surface area (Å²) in [6, 6.07) is 0. The number of aliphatic carboxylic acids is 1. The van der Waals surface area contributed by atoms with Gasteiger partial charge in [-0.15, -0.1) is 8.78 Å². The van der Waals surface area contributed by atoms with Crippen molar-refractivity contribution in [3.05, 3.63) is 34.6 Å². The maximum atomic E-state index is 14.0. The summed E-state index contributed by atoms with van der Waals surface area (Å²) < 4.78 is 91.8. The smallest absolute Gasteiger partial charge is 0.355 e. The van der Waals surface area contributed by atoms with E-state index >= 15 is 0 Å². The molecular formula is C14H3F7N2O4. The molecule has 0 bridgehead atoms. The molecule has 0 unspecified atom stereocenters. The minimum absolute atomic E-state index is 0.469. The zero-order chi connectivity index (χ0) is 20.9. The Balaban J connectivity index is 3.93. The number of carbonyl (C=O) groups is 3. The molecule has 1 aromatic rings. The number of hydrogen-bond acceptors (Lipinski definition) is 3. The van der Waals surface area contributed by atoms with E-state index in [1.54, 1.807) is 0 Å². The summed E-state index contributed by atoms with van der Waals surface area (Å²) in [7, 11) is 0. The third kappa shape index (κ3) is 3.92. The number of hydrogen-bond donors (Lipinski definition) is 3. The summed E-state index contributed by atoms with van der Waals surface area (Å²) in [6.07, 6.45) is 0.937. The zero-order valence-corrected chi connectivity index (χ0v) is 12.3. The summed E-state index contributed by atoms with van der Waals surface area (Å²) >= 11 is 0. The molecule has 2 amide bonds. The van der Waals surface area contributed by atoms with Crippen molar-refractivity contribution in [3.63, 3.8) is 0 Å². The van der Waals surface area contributed by atoms with Crippen molar-refractivity contribution in [2.24, 2.45) is 0 Å². The van der Waals surface area contributed by atoms with Crippen LogP contribution in [0.25, 0.3) is 0 Å². The van der Waals surface area contributed by atoms with Crippen molar-refractivity contribution in [2.45, 2.75) is 5.66 Å². The van der Waals surface area contributed by atoms with Crippen LogP contribution >= 0.6 is 0 Å². The molecule has 6 nitrogen and oxygen atoms in total. The third-order valence-electron chi connectivity index (χ3n) is 2.83. The van der Waals surface area contributed by atoms with Gasteiger partial charge in [-0.25, -0.2) is 26.7 Å². The lowest BCUT2D eigenvalue weighted by Gasteiger charge is -2.30. The van der Waals surface area contributed by atoms with Gasteiger partial charge in [-0.1, -0.05) is 0 Å². The molecule has 0 atom stereocenters. The highest BCUT2D eigenvalue weighted by atomic mass is 19.2. The molecule has 142 valence electrons. The summed E-state index contributed by atoms with van der Waals surface area (Å²) in [4.78, 5) is 34.3. The molecule has 1 rings (SSSR count). The number of amides is 2. The molecule has 0 fully saturated rings. The molecule has 0 aliphatic rings. The monoisotopic (exact) mass is 396 g/mol. The fourth-order valence-corrected chi connectivity index (χ4v) is 1.79. The molecule has 0 saturated heterocycles. The maximum absolute atomic E-state index is 14.0. The van der Waals surface area contributed by atoms with Crippen molar-refractivity contribution in [2.75, 3.05) is 0 Å². The van der Waals surface area contributed by atoms with Crippen LogP contribution in [0.1, 0.15) is 5.56 Å². The fourth-order valence-electron chi connectivity index (χ4n) is 1.79. The highest BCUT2D eigenvalue weighted by molar-refractivity contribution is 6.01. The minimum atomic E-state index is -3.93. The summed E-state index contributed by atoms with van der Waals surface area (Å²) in [5, 5.41) is 11.4. The predicted molar refractivity (Wildman–Crippen MR) is 69.6 cm³/mol. The van der Waals surface area contributed by atoms with E-state index < -0.39 is 58.1 Å². The maximum Gasteiger partial charge on any atom is 0.355 e. The SMILES string of the molecule is O=C(C#CF)NC(NC(=O)C#CF)(C(=O)O)c1c(F)c(F)c(F)c(F)c1F. The molecule has 0 radical (unpaired) electrons. The number of carbonyl (C=O) groups excluding carboxylic acids is 2. The highest BCUT2D eigenvalue weighted by Gasteiger charge is 2.50. The summed E-state index contributed by atoms with van der Waals surface area (Å²) in [5.41, 5.74) is -6.19. The number of benzene rings is 1. The number of nitrogens with one attached hydrogen (secondary N) is 2. The van der Waals surface area contributed by atoms with Crippen molar-refractivity contribution < 1.29 is 50.2 Å². The van der Waals surface area contributed by atoms with E-state index in [9.17, 15) is 50.2 Å². The van der Waals surface area contributed by atoms with Gasteiger partial charge in [-0.05, 0) is 0 Å². The Morgan fingerprint density at radius 1 is 0.741 bits per heavy atom. The van der Waals surface area contributed by atoms with E-state index in [1.807, 2.05) is 0 Å². The Morgan fingerprint density at radius 3 is 1.37 bits per heavy atom. The number of carboxylic acids is 1. The number of carboxylic acid groups (broad SMARTS) is 1. The Morgan fingerprint density at radius 2 is 1.07 bits per heavy atom. The number of rotatable bonds is 4. The lowest BCUT2D eigenvalue weighted by atomic mass is 9.96. The van der Waals surface area contributed by atoms with Crippen LogP contribution < -0.4 is 10.6 Å². The Bertz CT molecular complexity index is 893. The van der Waals surface area contributed by atoms with Gasteiger partial charge in [0.25, 0.3) is 0 Å². The summed E-state index contributed by atoms with van der Waals surface area (Å²) in [5.74, 6) is -18.0. The van der Waals surface area contributed by atoms with Crippen molar-refractivity contribution in [3.8, 4) is 24.2 Å². The van der Waals surface area contributed by atoms with Gasteiger partial charge in [0.15, 0.2) is 23.3 Å². The van der Waals surface area contributed by atoms with Crippen LogP contribution in [-0.2, 0) is 20.0 Å². The first-order chi connectivity index (χ1) is 12.5. The van der Waals surface area contributed by atoms with E-state index in [1.165, 1.54) is 0 Å². The van der Waals surface area contributed by atoms with Crippen LogP contribution in [0, 0.1) is 53.3 Å². The van der Waals surface area contributed by atoms with Gasteiger partial charge in [0.05, 0.1) is 5.56 Å². The lowest BCUT2D eigenvalue weighted by Crippen LogP contribution is -2.63. The van der Waals surface area contributed by atoms with E-state index in [4.69, 9.17) is 0 Å². The average molecular weight is 396 g/mol. The zero-order valence-electron chi connectivity index (χ0n) is 12.3. The largest absolute Gasteiger partial charge is 0.478 e. The molecule has 13 heteroatoms. The normalized spacial score (nSPS) is 10.0. The third-order valence-corrected chi connectivity index (χ3v) is 2.83. The lowest BCUT2D eigenvalue weighted by molar-refractivity contribution is -0.151. The molecule has 0 spiro atoms. The van der Waals surface area contributed by atoms with Gasteiger partial charge < -0.3 is 15.7 Å².